The minimum Gasteiger partial charge on any atom is -0.376 e. The third-order valence-electron chi connectivity index (χ3n) is 3.29. The van der Waals surface area contributed by atoms with Gasteiger partial charge in [-0.3, -0.25) is 0 Å². The summed E-state index contributed by atoms with van der Waals surface area (Å²) in [7, 11) is 0. The lowest BCUT2D eigenvalue weighted by Gasteiger charge is -2.21. The van der Waals surface area contributed by atoms with Crippen LogP contribution in [0, 0.1) is 0 Å². The molecule has 1 aliphatic rings. The molecule has 1 aromatic carbocycles. The maximum absolute atomic E-state index is 12.2. The van der Waals surface area contributed by atoms with Crippen LogP contribution in [0.4, 0.5) is 0 Å². The van der Waals surface area contributed by atoms with Crippen LogP contribution in [0.3, 0.4) is 0 Å². The monoisotopic (exact) mass is 260 g/mol. The van der Waals surface area contributed by atoms with Gasteiger partial charge in [-0.25, -0.2) is 4.79 Å². The fourth-order valence-corrected chi connectivity index (χ4v) is 2.26. The van der Waals surface area contributed by atoms with Gasteiger partial charge in [0.05, 0.1) is 18.3 Å². The average Bonchev–Trinajstić information content (AvgIpc) is 2.82. The van der Waals surface area contributed by atoms with E-state index >= 15 is 0 Å². The number of hydrogen-bond acceptors (Lipinski definition) is 4. The molecule has 0 radical (unpaired) electrons. The van der Waals surface area contributed by atoms with E-state index in [4.69, 9.17) is 4.74 Å². The first-order chi connectivity index (χ1) is 9.34. The van der Waals surface area contributed by atoms with Gasteiger partial charge in [-0.15, -0.1) is 0 Å². The standard InChI is InChI=1S/C13H16N4O2/c18-13-16(10-12-8-4-5-9-19-12)14-15-17(13)11-6-2-1-3-7-11/h1-3,6-7,12H,4-5,8-10H2/t12-/m1/s1. The molecule has 1 saturated heterocycles. The summed E-state index contributed by atoms with van der Waals surface area (Å²) in [5, 5.41) is 7.84. The lowest BCUT2D eigenvalue weighted by atomic mass is 10.1. The minimum absolute atomic E-state index is 0.0763. The van der Waals surface area contributed by atoms with Gasteiger partial charge in [0.2, 0.25) is 0 Å². The fourth-order valence-electron chi connectivity index (χ4n) is 2.26. The normalized spacial score (nSPS) is 19.5. The molecule has 0 unspecified atom stereocenters. The van der Waals surface area contributed by atoms with Gasteiger partial charge in [-0.2, -0.15) is 9.36 Å². The predicted octanol–water partition coefficient (Wildman–Crippen LogP) is 0.998. The lowest BCUT2D eigenvalue weighted by molar-refractivity contribution is 0.00310. The number of nitrogens with zero attached hydrogens (tertiary/aromatic N) is 4. The number of ether oxygens (including phenoxy) is 1. The fraction of sp³-hybridized carbons (Fsp3) is 0.462. The van der Waals surface area contributed by atoms with Crippen LogP contribution in [0.2, 0.25) is 0 Å². The van der Waals surface area contributed by atoms with Crippen LogP contribution >= 0.6 is 0 Å². The van der Waals surface area contributed by atoms with E-state index in [0.29, 0.717) is 6.54 Å². The van der Waals surface area contributed by atoms with Crippen molar-refractivity contribution in [1.82, 2.24) is 19.8 Å². The van der Waals surface area contributed by atoms with E-state index in [1.54, 1.807) is 0 Å². The van der Waals surface area contributed by atoms with Crippen molar-refractivity contribution in [3.63, 3.8) is 0 Å². The van der Waals surface area contributed by atoms with Crippen LogP contribution in [0.1, 0.15) is 19.3 Å². The molecule has 0 amide bonds. The molecule has 2 aromatic rings. The zero-order valence-electron chi connectivity index (χ0n) is 10.6. The first-order valence-electron chi connectivity index (χ1n) is 6.54. The number of para-hydroxylation sites is 1. The van der Waals surface area contributed by atoms with Crippen LogP contribution in [0.15, 0.2) is 35.1 Å². The quantitative estimate of drug-likeness (QED) is 0.826. The number of hydrogen-bond donors (Lipinski definition) is 0. The molecule has 3 rings (SSSR count). The molecule has 6 heteroatoms. The Kier molecular flexibility index (Phi) is 3.41. The minimum atomic E-state index is -0.222. The molecule has 1 aliphatic heterocycles. The molecule has 1 aromatic heterocycles. The topological polar surface area (TPSA) is 61.9 Å². The van der Waals surface area contributed by atoms with E-state index in [-0.39, 0.29) is 11.8 Å². The molecule has 19 heavy (non-hydrogen) atoms. The second-order valence-corrected chi connectivity index (χ2v) is 4.68. The summed E-state index contributed by atoms with van der Waals surface area (Å²) in [6.07, 6.45) is 3.30. The molecule has 0 saturated carbocycles. The van der Waals surface area contributed by atoms with E-state index in [1.165, 1.54) is 9.36 Å². The van der Waals surface area contributed by atoms with Crippen molar-refractivity contribution < 1.29 is 4.74 Å². The van der Waals surface area contributed by atoms with Crippen molar-refractivity contribution >= 4 is 0 Å². The largest absolute Gasteiger partial charge is 0.376 e. The highest BCUT2D eigenvalue weighted by Crippen LogP contribution is 2.13. The SMILES string of the molecule is O=c1n(C[C@H]2CCCCO2)nnn1-c1ccccc1. The van der Waals surface area contributed by atoms with Crippen LogP contribution in [0.5, 0.6) is 0 Å². The van der Waals surface area contributed by atoms with Gasteiger partial charge >= 0.3 is 5.69 Å². The molecular formula is C13H16N4O2. The van der Waals surface area contributed by atoms with Crippen molar-refractivity contribution in [2.24, 2.45) is 0 Å². The average molecular weight is 260 g/mol. The Labute approximate surface area is 110 Å². The van der Waals surface area contributed by atoms with E-state index in [9.17, 15) is 4.79 Å². The highest BCUT2D eigenvalue weighted by molar-refractivity contribution is 5.28. The Morgan fingerprint density at radius 2 is 2.05 bits per heavy atom. The van der Waals surface area contributed by atoms with Gasteiger partial charge in [0.1, 0.15) is 0 Å². The lowest BCUT2D eigenvalue weighted by Crippen LogP contribution is -2.32. The molecule has 0 aliphatic carbocycles. The molecule has 1 fully saturated rings. The van der Waals surface area contributed by atoms with Crippen molar-refractivity contribution in [1.29, 1.82) is 0 Å². The van der Waals surface area contributed by atoms with Gasteiger partial charge in [-0.05, 0) is 41.8 Å². The summed E-state index contributed by atoms with van der Waals surface area (Å²) in [5.41, 5.74) is 0.503. The summed E-state index contributed by atoms with van der Waals surface area (Å²) >= 11 is 0. The van der Waals surface area contributed by atoms with Gasteiger partial charge in [0.15, 0.2) is 0 Å². The first-order valence-corrected chi connectivity index (χ1v) is 6.54. The van der Waals surface area contributed by atoms with Gasteiger partial charge in [0.25, 0.3) is 0 Å². The summed E-state index contributed by atoms with van der Waals surface area (Å²) in [6.45, 7) is 1.25. The molecule has 0 bridgehead atoms. The summed E-state index contributed by atoms with van der Waals surface area (Å²) in [4.78, 5) is 12.2. The Bertz CT molecular complexity index is 584. The summed E-state index contributed by atoms with van der Waals surface area (Å²) in [5.74, 6) is 0. The van der Waals surface area contributed by atoms with Crippen LogP contribution < -0.4 is 5.69 Å². The first kappa shape index (κ1) is 12.1. The Morgan fingerprint density at radius 3 is 2.79 bits per heavy atom. The van der Waals surface area contributed by atoms with Crippen LogP contribution in [0.25, 0.3) is 5.69 Å². The zero-order chi connectivity index (χ0) is 13.1. The molecule has 100 valence electrons. The number of rotatable bonds is 3. The highest BCUT2D eigenvalue weighted by Gasteiger charge is 2.17. The van der Waals surface area contributed by atoms with E-state index < -0.39 is 0 Å². The van der Waals surface area contributed by atoms with Crippen molar-refractivity contribution in [3.8, 4) is 5.69 Å². The van der Waals surface area contributed by atoms with Gasteiger partial charge < -0.3 is 4.74 Å². The zero-order valence-corrected chi connectivity index (χ0v) is 10.6. The van der Waals surface area contributed by atoms with Gasteiger partial charge in [-0.1, -0.05) is 18.2 Å². The summed E-state index contributed by atoms with van der Waals surface area (Å²) < 4.78 is 8.30. The van der Waals surface area contributed by atoms with E-state index in [0.717, 1.165) is 31.6 Å². The molecular weight excluding hydrogens is 244 g/mol. The third kappa shape index (κ3) is 2.58. The predicted molar refractivity (Wildman–Crippen MR) is 69.2 cm³/mol. The van der Waals surface area contributed by atoms with Crippen LogP contribution in [-0.4, -0.2) is 32.5 Å². The number of tetrazole rings is 1. The second kappa shape index (κ2) is 5.36. The molecule has 2 heterocycles. The van der Waals surface area contributed by atoms with E-state index in [1.807, 2.05) is 30.3 Å². The number of benzene rings is 1. The van der Waals surface area contributed by atoms with Crippen molar-refractivity contribution in [2.75, 3.05) is 6.61 Å². The molecule has 6 nitrogen and oxygen atoms in total. The second-order valence-electron chi connectivity index (χ2n) is 4.68. The Hall–Kier alpha value is -1.95. The smallest absolute Gasteiger partial charge is 0.368 e. The van der Waals surface area contributed by atoms with Crippen molar-refractivity contribution in [3.05, 3.63) is 40.8 Å². The van der Waals surface area contributed by atoms with Gasteiger partial charge in [0, 0.05) is 6.61 Å². The molecule has 0 N–H and O–H groups in total. The maximum Gasteiger partial charge on any atom is 0.368 e. The Balaban J connectivity index is 1.81. The van der Waals surface area contributed by atoms with Crippen molar-refractivity contribution in [2.45, 2.75) is 31.9 Å². The number of aromatic nitrogens is 4. The summed E-state index contributed by atoms with van der Waals surface area (Å²) in [6, 6.07) is 9.29. The van der Waals surface area contributed by atoms with E-state index in [2.05, 4.69) is 10.4 Å². The Morgan fingerprint density at radius 1 is 1.21 bits per heavy atom. The third-order valence-corrected chi connectivity index (χ3v) is 3.29. The molecule has 1 atom stereocenters. The highest BCUT2D eigenvalue weighted by atomic mass is 16.5. The maximum atomic E-state index is 12.2. The van der Waals surface area contributed by atoms with Crippen LogP contribution in [-0.2, 0) is 11.3 Å². The molecule has 0 spiro atoms.